The van der Waals surface area contributed by atoms with Gasteiger partial charge in [-0.15, -0.1) is 0 Å². The van der Waals surface area contributed by atoms with E-state index in [1.807, 2.05) is 18.2 Å². The van der Waals surface area contributed by atoms with Gasteiger partial charge < -0.3 is 10.3 Å². The van der Waals surface area contributed by atoms with Gasteiger partial charge in [0.05, 0.1) is 10.7 Å². The van der Waals surface area contributed by atoms with E-state index in [0.717, 1.165) is 5.69 Å². The molecule has 7 heteroatoms. The Morgan fingerprint density at radius 1 is 1.11 bits per heavy atom. The Balaban J connectivity index is 2.01. The molecule has 0 amide bonds. The van der Waals surface area contributed by atoms with E-state index in [-0.39, 0.29) is 0 Å². The van der Waals surface area contributed by atoms with Crippen LogP contribution in [0.15, 0.2) is 30.6 Å². The fraction of sp³-hybridized carbons (Fsp3) is 0. The predicted octanol–water partition coefficient (Wildman–Crippen LogP) is 3.40. The van der Waals surface area contributed by atoms with E-state index in [4.69, 9.17) is 23.2 Å². The maximum atomic E-state index is 6.05. The van der Waals surface area contributed by atoms with Gasteiger partial charge in [0, 0.05) is 0 Å². The smallest absolute Gasteiger partial charge is 0.207 e. The summed E-state index contributed by atoms with van der Waals surface area (Å²) in [4.78, 5) is 15.1. The number of imidazole rings is 1. The summed E-state index contributed by atoms with van der Waals surface area (Å²) in [6, 6.07) is 7.38. The monoisotopic (exact) mass is 279 g/mol. The van der Waals surface area contributed by atoms with Gasteiger partial charge in [0.15, 0.2) is 10.8 Å². The van der Waals surface area contributed by atoms with Crippen LogP contribution in [0.25, 0.3) is 11.2 Å². The maximum absolute atomic E-state index is 6.05. The van der Waals surface area contributed by atoms with Crippen LogP contribution in [0.5, 0.6) is 0 Å². The van der Waals surface area contributed by atoms with E-state index in [2.05, 4.69) is 25.3 Å². The van der Waals surface area contributed by atoms with Gasteiger partial charge in [0.2, 0.25) is 5.95 Å². The number of nitrogens with one attached hydrogen (secondary N) is 2. The van der Waals surface area contributed by atoms with Crippen LogP contribution in [-0.2, 0) is 0 Å². The molecule has 0 fully saturated rings. The van der Waals surface area contributed by atoms with E-state index < -0.39 is 0 Å². The molecular formula is C11H7Cl2N5. The minimum atomic E-state index is 0.333. The van der Waals surface area contributed by atoms with Crippen molar-refractivity contribution in [2.24, 2.45) is 0 Å². The molecule has 0 radical (unpaired) electrons. The first-order chi connectivity index (χ1) is 8.74. The summed E-state index contributed by atoms with van der Waals surface area (Å²) in [6.45, 7) is 0. The van der Waals surface area contributed by atoms with Crippen LogP contribution >= 0.6 is 23.2 Å². The normalized spacial score (nSPS) is 10.8. The summed E-state index contributed by atoms with van der Waals surface area (Å²) < 4.78 is 0. The first-order valence-electron chi connectivity index (χ1n) is 5.12. The third-order valence-electron chi connectivity index (χ3n) is 2.37. The number of fused-ring (bicyclic) bond motifs is 1. The number of para-hydroxylation sites is 1. The molecule has 90 valence electrons. The van der Waals surface area contributed by atoms with Crippen molar-refractivity contribution < 1.29 is 0 Å². The van der Waals surface area contributed by atoms with Crippen LogP contribution in [0.4, 0.5) is 11.6 Å². The van der Waals surface area contributed by atoms with Crippen molar-refractivity contribution in [1.29, 1.82) is 0 Å². The first kappa shape index (κ1) is 11.3. The second-order valence-electron chi connectivity index (χ2n) is 3.55. The molecule has 0 atom stereocenters. The molecule has 0 saturated heterocycles. The predicted molar refractivity (Wildman–Crippen MR) is 71.4 cm³/mol. The quantitative estimate of drug-likeness (QED) is 0.706. The van der Waals surface area contributed by atoms with E-state index in [1.165, 1.54) is 6.33 Å². The summed E-state index contributed by atoms with van der Waals surface area (Å²) >= 11 is 12.0. The van der Waals surface area contributed by atoms with Crippen LogP contribution in [0.1, 0.15) is 0 Å². The minimum absolute atomic E-state index is 0.333. The zero-order valence-corrected chi connectivity index (χ0v) is 10.5. The first-order valence-corrected chi connectivity index (χ1v) is 5.87. The molecule has 0 bridgehead atoms. The molecule has 0 aliphatic carbocycles. The summed E-state index contributed by atoms with van der Waals surface area (Å²) in [5.41, 5.74) is 1.85. The van der Waals surface area contributed by atoms with Crippen molar-refractivity contribution in [3.05, 3.63) is 40.8 Å². The van der Waals surface area contributed by atoms with E-state index in [0.29, 0.717) is 27.3 Å². The van der Waals surface area contributed by atoms with Gasteiger partial charge in [0.1, 0.15) is 11.8 Å². The lowest BCUT2D eigenvalue weighted by molar-refractivity contribution is 1.20. The second-order valence-corrected chi connectivity index (χ2v) is 4.32. The van der Waals surface area contributed by atoms with Crippen LogP contribution in [0.2, 0.25) is 10.2 Å². The Labute approximate surface area is 112 Å². The fourth-order valence-corrected chi connectivity index (χ4v) is 1.91. The number of anilines is 2. The lowest BCUT2D eigenvalue weighted by Gasteiger charge is -2.03. The van der Waals surface area contributed by atoms with Crippen LogP contribution in [-0.4, -0.2) is 19.9 Å². The molecule has 2 aromatic heterocycles. The highest BCUT2D eigenvalue weighted by atomic mass is 35.5. The molecule has 0 saturated carbocycles. The molecule has 2 N–H and O–H groups in total. The number of benzene rings is 1. The summed E-state index contributed by atoms with van der Waals surface area (Å²) in [6.07, 6.45) is 1.37. The molecule has 3 aromatic rings. The Kier molecular flexibility index (Phi) is 2.77. The van der Waals surface area contributed by atoms with E-state index >= 15 is 0 Å². The number of aromatic amines is 1. The van der Waals surface area contributed by atoms with Crippen molar-refractivity contribution in [3.63, 3.8) is 0 Å². The molecule has 3 rings (SSSR count). The highest BCUT2D eigenvalue weighted by Crippen LogP contribution is 2.25. The molecule has 0 aliphatic heterocycles. The second kappa shape index (κ2) is 4.44. The lowest BCUT2D eigenvalue weighted by Crippen LogP contribution is -1.92. The van der Waals surface area contributed by atoms with E-state index in [1.54, 1.807) is 6.07 Å². The molecule has 2 heterocycles. The van der Waals surface area contributed by atoms with Crippen LogP contribution < -0.4 is 5.32 Å². The van der Waals surface area contributed by atoms with E-state index in [9.17, 15) is 0 Å². The van der Waals surface area contributed by atoms with Crippen molar-refractivity contribution in [2.45, 2.75) is 0 Å². The lowest BCUT2D eigenvalue weighted by atomic mass is 10.3. The third-order valence-corrected chi connectivity index (χ3v) is 2.99. The van der Waals surface area contributed by atoms with Crippen molar-refractivity contribution >= 4 is 46.0 Å². The van der Waals surface area contributed by atoms with Gasteiger partial charge >= 0.3 is 0 Å². The van der Waals surface area contributed by atoms with Crippen LogP contribution in [0, 0.1) is 0 Å². The fourth-order valence-electron chi connectivity index (χ4n) is 1.55. The van der Waals surface area contributed by atoms with Crippen molar-refractivity contribution in [2.75, 3.05) is 5.32 Å². The molecule has 1 aromatic carbocycles. The number of H-pyrrole nitrogens is 1. The molecular weight excluding hydrogens is 273 g/mol. The zero-order chi connectivity index (χ0) is 12.5. The Morgan fingerprint density at radius 3 is 2.72 bits per heavy atom. The van der Waals surface area contributed by atoms with Gasteiger partial charge in [-0.2, -0.15) is 4.98 Å². The number of aromatic nitrogens is 4. The highest BCUT2D eigenvalue weighted by molar-refractivity contribution is 6.34. The van der Waals surface area contributed by atoms with Crippen molar-refractivity contribution in [1.82, 2.24) is 19.9 Å². The number of hydrogen-bond acceptors (Lipinski definition) is 4. The molecule has 0 spiro atoms. The Morgan fingerprint density at radius 2 is 1.94 bits per heavy atom. The standard InChI is InChI=1S/C11H7Cl2N5/c12-6-3-1-2-4-7(6)16-11-17-8-9(13)14-5-15-10(8)18-11/h1-5H,(H2,14,15,16,17,18). The minimum Gasteiger partial charge on any atom is -0.324 e. The number of halogens is 2. The van der Waals surface area contributed by atoms with Gasteiger partial charge in [-0.05, 0) is 12.1 Å². The van der Waals surface area contributed by atoms with Crippen LogP contribution in [0.3, 0.4) is 0 Å². The molecule has 18 heavy (non-hydrogen) atoms. The average Bonchev–Trinajstić information content (AvgIpc) is 2.76. The maximum Gasteiger partial charge on any atom is 0.207 e. The number of hydrogen-bond donors (Lipinski definition) is 2. The third kappa shape index (κ3) is 1.98. The number of nitrogens with zero attached hydrogens (tertiary/aromatic N) is 3. The molecule has 0 unspecified atom stereocenters. The summed E-state index contributed by atoms with van der Waals surface area (Å²) in [5, 5.41) is 4.00. The Bertz CT molecular complexity index is 709. The topological polar surface area (TPSA) is 66.5 Å². The zero-order valence-electron chi connectivity index (χ0n) is 8.98. The number of rotatable bonds is 2. The average molecular weight is 280 g/mol. The molecule has 0 aliphatic rings. The van der Waals surface area contributed by atoms with Gasteiger partial charge in [-0.3, -0.25) is 0 Å². The highest BCUT2D eigenvalue weighted by Gasteiger charge is 2.08. The largest absolute Gasteiger partial charge is 0.324 e. The Hall–Kier alpha value is -1.85. The van der Waals surface area contributed by atoms with Gasteiger partial charge in [-0.25, -0.2) is 9.97 Å². The summed E-state index contributed by atoms with van der Waals surface area (Å²) in [7, 11) is 0. The molecule has 5 nitrogen and oxygen atoms in total. The summed E-state index contributed by atoms with van der Waals surface area (Å²) in [5.74, 6) is 0.514. The van der Waals surface area contributed by atoms with Crippen molar-refractivity contribution in [3.8, 4) is 0 Å². The SMILES string of the molecule is Clc1ccccc1Nc1nc2ncnc(Cl)c2[nH]1. The van der Waals surface area contributed by atoms with Gasteiger partial charge in [0.25, 0.3) is 0 Å². The van der Waals surface area contributed by atoms with Gasteiger partial charge in [-0.1, -0.05) is 35.3 Å².